The molecule has 0 aromatic heterocycles. The Morgan fingerprint density at radius 2 is 1.81 bits per heavy atom. The normalized spacial score (nSPS) is 40.3. The van der Waals surface area contributed by atoms with Gasteiger partial charge in [0.15, 0.2) is 6.29 Å². The quantitative estimate of drug-likeness (QED) is 0.782. The zero-order valence-electron chi connectivity index (χ0n) is 11.9. The maximum absolute atomic E-state index is 11.9. The molecule has 0 amide bonds. The molecule has 3 heteroatoms. The van der Waals surface area contributed by atoms with Crippen LogP contribution in [0.3, 0.4) is 0 Å². The fourth-order valence-corrected chi connectivity index (χ4v) is 3.93. The number of rotatable bonds is 2. The number of hydrogen-bond acceptors (Lipinski definition) is 3. The molecule has 1 saturated heterocycles. The van der Waals surface area contributed by atoms with Crippen LogP contribution in [0.1, 0.15) is 18.8 Å². The smallest absolute Gasteiger partial charge is 0.184 e. The number of ether oxygens (including phenoxy) is 2. The predicted octanol–water partition coefficient (Wildman–Crippen LogP) is 3.05. The van der Waals surface area contributed by atoms with Gasteiger partial charge in [0.05, 0.1) is 12.2 Å². The van der Waals surface area contributed by atoms with Gasteiger partial charge in [-0.05, 0) is 6.92 Å². The number of carbonyl (C=O) groups is 1. The molecule has 1 heterocycles. The Morgan fingerprint density at radius 3 is 2.52 bits per heavy atom. The zero-order chi connectivity index (χ0) is 14.6. The van der Waals surface area contributed by atoms with Crippen LogP contribution in [0.15, 0.2) is 54.6 Å². The highest BCUT2D eigenvalue weighted by atomic mass is 16.7. The first-order valence-electron chi connectivity index (χ1n) is 7.40. The Kier molecular flexibility index (Phi) is 2.88. The van der Waals surface area contributed by atoms with E-state index < -0.39 is 0 Å². The van der Waals surface area contributed by atoms with E-state index >= 15 is 0 Å². The van der Waals surface area contributed by atoms with Gasteiger partial charge in [0.25, 0.3) is 0 Å². The van der Waals surface area contributed by atoms with E-state index in [0.717, 1.165) is 11.1 Å². The fourth-order valence-electron chi connectivity index (χ4n) is 3.93. The van der Waals surface area contributed by atoms with Crippen molar-refractivity contribution in [3.05, 3.63) is 60.2 Å². The third kappa shape index (κ3) is 1.84. The Hall–Kier alpha value is -1.71. The van der Waals surface area contributed by atoms with Crippen molar-refractivity contribution in [1.82, 2.24) is 0 Å². The predicted molar refractivity (Wildman–Crippen MR) is 78.4 cm³/mol. The molecule has 1 aromatic carbocycles. The van der Waals surface area contributed by atoms with Crippen molar-refractivity contribution in [2.75, 3.05) is 0 Å². The molecular formula is C18H18O3. The van der Waals surface area contributed by atoms with Crippen LogP contribution < -0.4 is 0 Å². The summed E-state index contributed by atoms with van der Waals surface area (Å²) >= 11 is 0. The Bertz CT molecular complexity index is 619. The highest BCUT2D eigenvalue weighted by Crippen LogP contribution is 2.52. The monoisotopic (exact) mass is 282 g/mol. The van der Waals surface area contributed by atoms with E-state index in [4.69, 9.17) is 9.47 Å². The highest BCUT2D eigenvalue weighted by Gasteiger charge is 2.55. The second-order valence-corrected chi connectivity index (χ2v) is 6.10. The van der Waals surface area contributed by atoms with Gasteiger partial charge in [-0.1, -0.05) is 54.6 Å². The van der Waals surface area contributed by atoms with Gasteiger partial charge in [0.2, 0.25) is 0 Å². The highest BCUT2D eigenvalue weighted by molar-refractivity contribution is 5.83. The first-order chi connectivity index (χ1) is 10.2. The molecule has 1 aromatic rings. The van der Waals surface area contributed by atoms with Crippen molar-refractivity contribution in [2.24, 2.45) is 17.8 Å². The molecule has 6 atom stereocenters. The summed E-state index contributed by atoms with van der Waals surface area (Å²) in [5.74, 6) is 0.185. The Balaban J connectivity index is 1.65. The van der Waals surface area contributed by atoms with E-state index in [9.17, 15) is 4.79 Å². The lowest BCUT2D eigenvalue weighted by Gasteiger charge is -2.45. The fraction of sp³-hybridized carbons (Fsp3) is 0.389. The lowest BCUT2D eigenvalue weighted by atomic mass is 9.62. The zero-order valence-corrected chi connectivity index (χ0v) is 11.9. The number of Topliss-reactive ketones (excluding diaryl/α,β-unsaturated/α-hetero) is 1. The summed E-state index contributed by atoms with van der Waals surface area (Å²) < 4.78 is 12.3. The summed E-state index contributed by atoms with van der Waals surface area (Å²) in [6.07, 6.45) is 3.83. The molecule has 2 bridgehead atoms. The van der Waals surface area contributed by atoms with Gasteiger partial charge in [-0.2, -0.15) is 0 Å². The number of carbonyl (C=O) groups excluding carboxylic acids is 1. The molecule has 0 spiro atoms. The van der Waals surface area contributed by atoms with Gasteiger partial charge in [-0.25, -0.2) is 0 Å². The van der Waals surface area contributed by atoms with Crippen molar-refractivity contribution in [1.29, 1.82) is 0 Å². The van der Waals surface area contributed by atoms with E-state index in [2.05, 4.69) is 18.7 Å². The topological polar surface area (TPSA) is 35.5 Å². The summed E-state index contributed by atoms with van der Waals surface area (Å²) in [6, 6.07) is 9.95. The minimum absolute atomic E-state index is 0.0201. The number of hydrogen-bond donors (Lipinski definition) is 0. The van der Waals surface area contributed by atoms with Gasteiger partial charge in [-0.3, -0.25) is 4.79 Å². The molecule has 3 aliphatic carbocycles. The third-order valence-electron chi connectivity index (χ3n) is 4.88. The third-order valence-corrected chi connectivity index (χ3v) is 4.88. The summed E-state index contributed by atoms with van der Waals surface area (Å²) in [7, 11) is 0. The van der Waals surface area contributed by atoms with Crippen LogP contribution >= 0.6 is 0 Å². The van der Waals surface area contributed by atoms with Crippen LogP contribution in [-0.2, 0) is 14.3 Å². The van der Waals surface area contributed by atoms with E-state index in [-0.39, 0.29) is 42.0 Å². The molecule has 1 saturated carbocycles. The summed E-state index contributed by atoms with van der Waals surface area (Å²) in [5, 5.41) is 0. The van der Waals surface area contributed by atoms with Gasteiger partial charge in [-0.15, -0.1) is 0 Å². The van der Waals surface area contributed by atoms with Crippen molar-refractivity contribution in [3.8, 4) is 0 Å². The molecule has 5 rings (SSSR count). The molecule has 3 nitrogen and oxygen atoms in total. The standard InChI is InChI=1S/C18H18O3/c1-10-13-8-9-14(15(10)11(2)19)17-16(13)20-18(21-17)12-6-4-3-5-7-12/h3-9,13-18H,1H2,2H3/t13-,14+,15-,16-,17+,18-/m1/s1. The van der Waals surface area contributed by atoms with E-state index in [1.54, 1.807) is 6.92 Å². The Morgan fingerprint density at radius 1 is 1.10 bits per heavy atom. The van der Waals surface area contributed by atoms with Crippen LogP contribution in [0.5, 0.6) is 0 Å². The number of benzene rings is 1. The van der Waals surface area contributed by atoms with E-state index in [0.29, 0.717) is 0 Å². The lowest BCUT2D eigenvalue weighted by molar-refractivity contribution is -0.124. The molecular weight excluding hydrogens is 264 g/mol. The van der Waals surface area contributed by atoms with Gasteiger partial charge in [0.1, 0.15) is 5.78 Å². The largest absolute Gasteiger partial charge is 0.342 e. The van der Waals surface area contributed by atoms with Gasteiger partial charge in [0, 0.05) is 23.3 Å². The Labute approximate surface area is 124 Å². The van der Waals surface area contributed by atoms with Crippen molar-refractivity contribution in [3.63, 3.8) is 0 Å². The first kappa shape index (κ1) is 13.0. The second-order valence-electron chi connectivity index (χ2n) is 6.10. The summed E-state index contributed by atoms with van der Waals surface area (Å²) in [4.78, 5) is 11.9. The summed E-state index contributed by atoms with van der Waals surface area (Å²) in [5.41, 5.74) is 2.00. The average molecular weight is 282 g/mol. The molecule has 108 valence electrons. The van der Waals surface area contributed by atoms with Crippen LogP contribution in [0.25, 0.3) is 0 Å². The van der Waals surface area contributed by atoms with Crippen molar-refractivity contribution < 1.29 is 14.3 Å². The SMILES string of the molecule is C=C1[C@H](C(C)=O)[C@@H]2C=C[C@H]1[C@H]1O[C@@H](c3ccccc3)O[C@@H]21. The van der Waals surface area contributed by atoms with Crippen LogP contribution in [0.4, 0.5) is 0 Å². The second kappa shape index (κ2) is 4.65. The van der Waals surface area contributed by atoms with Gasteiger partial charge >= 0.3 is 0 Å². The molecule has 0 unspecified atom stereocenters. The maximum Gasteiger partial charge on any atom is 0.184 e. The van der Waals surface area contributed by atoms with Crippen LogP contribution in [0, 0.1) is 17.8 Å². The molecule has 0 radical (unpaired) electrons. The van der Waals surface area contributed by atoms with Crippen molar-refractivity contribution in [2.45, 2.75) is 25.4 Å². The summed E-state index contributed by atoms with van der Waals surface area (Å²) in [6.45, 7) is 5.79. The van der Waals surface area contributed by atoms with Crippen LogP contribution in [0.2, 0.25) is 0 Å². The minimum Gasteiger partial charge on any atom is -0.342 e. The minimum atomic E-state index is -0.343. The van der Waals surface area contributed by atoms with E-state index in [1.165, 1.54) is 0 Å². The van der Waals surface area contributed by atoms with E-state index in [1.807, 2.05) is 30.3 Å². The van der Waals surface area contributed by atoms with Gasteiger partial charge < -0.3 is 9.47 Å². The maximum atomic E-state index is 11.9. The molecule has 21 heavy (non-hydrogen) atoms. The van der Waals surface area contributed by atoms with Crippen molar-refractivity contribution >= 4 is 5.78 Å². The number of ketones is 1. The lowest BCUT2D eigenvalue weighted by Crippen LogP contribution is -2.50. The molecule has 2 fully saturated rings. The first-order valence-corrected chi connectivity index (χ1v) is 7.40. The molecule has 0 N–H and O–H groups in total. The molecule has 4 aliphatic rings. The molecule has 1 aliphatic heterocycles. The number of fused-ring (bicyclic) bond motifs is 1. The average Bonchev–Trinajstić information content (AvgIpc) is 2.94. The van der Waals surface area contributed by atoms with Crippen LogP contribution in [-0.4, -0.2) is 18.0 Å².